The Bertz CT molecular complexity index is 324. The summed E-state index contributed by atoms with van der Waals surface area (Å²) in [6.07, 6.45) is 13.2. The molecule has 3 rings (SSSR count). The number of allylic oxidation sites excluding steroid dienone is 4. The van der Waals surface area contributed by atoms with Gasteiger partial charge in [0.25, 0.3) is 0 Å². The first-order chi connectivity index (χ1) is 7.36. The molecule has 0 heterocycles. The van der Waals surface area contributed by atoms with E-state index < -0.39 is 0 Å². The Hall–Kier alpha value is -0.230. The third-order valence-electron chi connectivity index (χ3n) is 4.50. The zero-order valence-electron chi connectivity index (χ0n) is 9.27. The number of fused-ring (bicyclic) bond motifs is 2. The monoisotopic (exact) mass is 222 g/mol. The lowest BCUT2D eigenvalue weighted by Gasteiger charge is -2.40. The first kappa shape index (κ1) is 9.96. The van der Waals surface area contributed by atoms with E-state index in [0.717, 1.165) is 16.9 Å². The molecule has 3 aliphatic rings. The van der Waals surface area contributed by atoms with Gasteiger partial charge in [0.05, 0.1) is 0 Å². The van der Waals surface area contributed by atoms with E-state index >= 15 is 0 Å². The molecule has 3 aliphatic carbocycles. The summed E-state index contributed by atoms with van der Waals surface area (Å²) in [7, 11) is 0. The molecule has 0 nitrogen and oxygen atoms in total. The first-order valence-corrected chi connectivity index (χ1v) is 6.82. The zero-order valence-corrected chi connectivity index (χ0v) is 10.0. The minimum Gasteiger partial charge on any atom is -0.0844 e. The summed E-state index contributed by atoms with van der Waals surface area (Å²) in [6.45, 7) is 0. The van der Waals surface area contributed by atoms with E-state index in [0.29, 0.717) is 0 Å². The van der Waals surface area contributed by atoms with Crippen molar-refractivity contribution in [2.45, 2.75) is 51.4 Å². The van der Waals surface area contributed by atoms with Gasteiger partial charge >= 0.3 is 0 Å². The van der Waals surface area contributed by atoms with Crippen molar-refractivity contribution in [3.63, 3.8) is 0 Å². The van der Waals surface area contributed by atoms with Crippen molar-refractivity contribution < 1.29 is 0 Å². The van der Waals surface area contributed by atoms with E-state index in [-0.39, 0.29) is 0 Å². The van der Waals surface area contributed by atoms with Gasteiger partial charge in [-0.25, -0.2) is 0 Å². The molecule has 0 aromatic heterocycles. The van der Waals surface area contributed by atoms with Crippen LogP contribution in [0, 0.1) is 11.8 Å². The van der Waals surface area contributed by atoms with E-state index in [1.807, 2.05) is 0 Å². The second-order valence-electron chi connectivity index (χ2n) is 5.30. The second-order valence-corrected chi connectivity index (χ2v) is 5.70. The Labute approximate surface area is 97.4 Å². The quantitative estimate of drug-likeness (QED) is 0.552. The molecule has 1 saturated carbocycles. The Morgan fingerprint density at radius 2 is 1.93 bits per heavy atom. The minimum absolute atomic E-state index is 0.826. The van der Waals surface area contributed by atoms with Crippen LogP contribution in [0.4, 0.5) is 0 Å². The average molecular weight is 223 g/mol. The third-order valence-corrected chi connectivity index (χ3v) is 4.86. The van der Waals surface area contributed by atoms with Crippen LogP contribution in [0.5, 0.6) is 0 Å². The molecule has 82 valence electrons. The maximum absolute atomic E-state index is 6.41. The molecule has 0 saturated heterocycles. The SMILES string of the molecule is ClC1=CCCC2=C1[C@H]1CCCC[C@H]1CC2. The van der Waals surface area contributed by atoms with Gasteiger partial charge in [0.1, 0.15) is 0 Å². The summed E-state index contributed by atoms with van der Waals surface area (Å²) in [6, 6.07) is 0. The molecule has 0 aromatic rings. The highest BCUT2D eigenvalue weighted by Crippen LogP contribution is 2.49. The van der Waals surface area contributed by atoms with Gasteiger partial charge < -0.3 is 0 Å². The van der Waals surface area contributed by atoms with Crippen molar-refractivity contribution in [3.8, 4) is 0 Å². The highest BCUT2D eigenvalue weighted by Gasteiger charge is 2.34. The summed E-state index contributed by atoms with van der Waals surface area (Å²) in [5.41, 5.74) is 3.28. The van der Waals surface area contributed by atoms with Gasteiger partial charge in [0.15, 0.2) is 0 Å². The van der Waals surface area contributed by atoms with Crippen LogP contribution in [0.3, 0.4) is 0 Å². The Morgan fingerprint density at radius 1 is 1.07 bits per heavy atom. The molecule has 0 amide bonds. The fourth-order valence-electron chi connectivity index (χ4n) is 3.78. The fourth-order valence-corrected chi connectivity index (χ4v) is 4.16. The topological polar surface area (TPSA) is 0 Å². The lowest BCUT2D eigenvalue weighted by atomic mass is 9.66. The predicted octanol–water partition coefficient (Wildman–Crippen LogP) is 4.80. The van der Waals surface area contributed by atoms with Crippen LogP contribution in [0.1, 0.15) is 51.4 Å². The fraction of sp³-hybridized carbons (Fsp3) is 0.714. The van der Waals surface area contributed by atoms with Crippen LogP contribution in [0.2, 0.25) is 0 Å². The van der Waals surface area contributed by atoms with Crippen molar-refractivity contribution in [1.29, 1.82) is 0 Å². The highest BCUT2D eigenvalue weighted by atomic mass is 35.5. The van der Waals surface area contributed by atoms with Crippen LogP contribution < -0.4 is 0 Å². The molecule has 0 radical (unpaired) electrons. The number of hydrogen-bond donors (Lipinski definition) is 0. The summed E-state index contributed by atoms with van der Waals surface area (Å²) in [5.74, 6) is 1.78. The van der Waals surface area contributed by atoms with Gasteiger partial charge in [0.2, 0.25) is 0 Å². The molecular weight excluding hydrogens is 204 g/mol. The Morgan fingerprint density at radius 3 is 2.87 bits per heavy atom. The maximum Gasteiger partial charge on any atom is 0.0400 e. The van der Waals surface area contributed by atoms with E-state index in [9.17, 15) is 0 Å². The summed E-state index contributed by atoms with van der Waals surface area (Å²) >= 11 is 6.41. The molecule has 1 heteroatoms. The standard InChI is InChI=1S/C14H19Cl/c15-13-7-3-5-11-9-8-10-4-1-2-6-12(10)14(11)13/h7,10,12H,1-6,8-9H2/t10-,12-/m0/s1. The minimum atomic E-state index is 0.826. The van der Waals surface area contributed by atoms with E-state index in [1.165, 1.54) is 51.4 Å². The second kappa shape index (κ2) is 3.97. The summed E-state index contributed by atoms with van der Waals surface area (Å²) in [5, 5.41) is 1.10. The maximum atomic E-state index is 6.41. The van der Waals surface area contributed by atoms with Crippen LogP contribution in [-0.4, -0.2) is 0 Å². The van der Waals surface area contributed by atoms with Gasteiger partial charge in [-0.2, -0.15) is 0 Å². The summed E-state index contributed by atoms with van der Waals surface area (Å²) < 4.78 is 0. The largest absolute Gasteiger partial charge is 0.0844 e. The van der Waals surface area contributed by atoms with Gasteiger partial charge in [-0.15, -0.1) is 0 Å². The Kier molecular flexibility index (Phi) is 2.64. The summed E-state index contributed by atoms with van der Waals surface area (Å²) in [4.78, 5) is 0. The van der Waals surface area contributed by atoms with Crippen molar-refractivity contribution >= 4 is 11.6 Å². The molecule has 1 fully saturated rings. The van der Waals surface area contributed by atoms with Crippen LogP contribution in [0.25, 0.3) is 0 Å². The number of halogens is 1. The average Bonchev–Trinajstić information content (AvgIpc) is 2.29. The van der Waals surface area contributed by atoms with Crippen LogP contribution >= 0.6 is 11.6 Å². The zero-order chi connectivity index (χ0) is 10.3. The molecule has 15 heavy (non-hydrogen) atoms. The molecule has 0 aliphatic heterocycles. The lowest BCUT2D eigenvalue weighted by Crippen LogP contribution is -2.27. The van der Waals surface area contributed by atoms with Gasteiger partial charge in [0, 0.05) is 5.03 Å². The number of hydrogen-bond acceptors (Lipinski definition) is 0. The van der Waals surface area contributed by atoms with Crippen molar-refractivity contribution in [2.75, 3.05) is 0 Å². The smallest absolute Gasteiger partial charge is 0.0400 e. The predicted molar refractivity (Wildman–Crippen MR) is 64.9 cm³/mol. The Balaban J connectivity index is 1.95. The normalized spacial score (nSPS) is 35.7. The third kappa shape index (κ3) is 1.67. The molecular formula is C14H19Cl. The van der Waals surface area contributed by atoms with Gasteiger partial charge in [-0.3, -0.25) is 0 Å². The van der Waals surface area contributed by atoms with Crippen LogP contribution in [0.15, 0.2) is 22.3 Å². The number of rotatable bonds is 0. The van der Waals surface area contributed by atoms with Crippen molar-refractivity contribution in [2.24, 2.45) is 11.8 Å². The molecule has 0 unspecified atom stereocenters. The van der Waals surface area contributed by atoms with E-state index in [1.54, 1.807) is 11.1 Å². The lowest BCUT2D eigenvalue weighted by molar-refractivity contribution is 0.242. The highest BCUT2D eigenvalue weighted by molar-refractivity contribution is 6.32. The molecule has 0 N–H and O–H groups in total. The molecule has 0 spiro atoms. The van der Waals surface area contributed by atoms with Gasteiger partial charge in [-0.05, 0) is 55.9 Å². The van der Waals surface area contributed by atoms with E-state index in [4.69, 9.17) is 11.6 Å². The van der Waals surface area contributed by atoms with Crippen molar-refractivity contribution in [3.05, 3.63) is 22.3 Å². The molecule has 0 bridgehead atoms. The van der Waals surface area contributed by atoms with Crippen molar-refractivity contribution in [1.82, 2.24) is 0 Å². The van der Waals surface area contributed by atoms with E-state index in [2.05, 4.69) is 6.08 Å². The molecule has 0 aromatic carbocycles. The van der Waals surface area contributed by atoms with Gasteiger partial charge in [-0.1, -0.05) is 36.1 Å². The molecule has 2 atom stereocenters. The van der Waals surface area contributed by atoms with Crippen LogP contribution in [-0.2, 0) is 0 Å². The first-order valence-electron chi connectivity index (χ1n) is 6.44.